The molecule has 68 valence electrons. The van der Waals surface area contributed by atoms with Crippen LogP contribution in [-0.2, 0) is 10.3 Å². The quantitative estimate of drug-likeness (QED) is 0.621. The average Bonchev–Trinajstić information content (AvgIpc) is 1.56. The van der Waals surface area contributed by atoms with Crippen LogP contribution in [-0.4, -0.2) is 25.2 Å². The van der Waals surface area contributed by atoms with Crippen LogP contribution < -0.4 is 4.72 Å². The first-order valence-corrected chi connectivity index (χ1v) is 3.88. The van der Waals surface area contributed by atoms with Gasteiger partial charge in [-0.2, -0.15) is 26.3 Å². The van der Waals surface area contributed by atoms with E-state index in [-0.39, 0.29) is 0 Å². The van der Waals surface area contributed by atoms with Crippen molar-refractivity contribution >= 4 is 10.3 Å². The van der Waals surface area contributed by atoms with E-state index in [1.165, 1.54) is 0 Å². The third kappa shape index (κ3) is 4.99. The van der Waals surface area contributed by atoms with Gasteiger partial charge in [0.2, 0.25) is 0 Å². The molecular weight excluding hydrogens is 187 g/mol. The van der Waals surface area contributed by atoms with E-state index in [1.807, 2.05) is 0 Å². The summed E-state index contributed by atoms with van der Waals surface area (Å²) < 4.78 is 63.2. The summed E-state index contributed by atoms with van der Waals surface area (Å²) in [6.07, 6.45) is -4.68. The molecule has 0 fully saturated rings. The lowest BCUT2D eigenvalue weighted by atomic mass is 10.4. The van der Waals surface area contributed by atoms with Gasteiger partial charge in [-0.3, -0.25) is 4.55 Å². The maximum atomic E-state index is 11.5. The molecule has 0 aliphatic rings. The van der Waals surface area contributed by atoms with Crippen molar-refractivity contribution in [2.24, 2.45) is 0 Å². The second kappa shape index (κ2) is 2.95. The Balaban J connectivity index is 4.21. The molecule has 1 unspecified atom stereocenters. The molecule has 8 heteroatoms. The largest absolute Gasteiger partial charge is 0.404 e. The van der Waals surface area contributed by atoms with Crippen LogP contribution in [0.15, 0.2) is 0 Å². The molecule has 0 aromatic heterocycles. The first-order chi connectivity index (χ1) is 4.63. The van der Waals surface area contributed by atoms with Gasteiger partial charge in [0.15, 0.2) is 0 Å². The highest BCUT2D eigenvalue weighted by Gasteiger charge is 2.38. The van der Waals surface area contributed by atoms with Crippen molar-refractivity contribution in [3.05, 3.63) is 0 Å². The van der Waals surface area contributed by atoms with E-state index in [9.17, 15) is 21.6 Å². The normalized spacial score (nSPS) is 16.5. The summed E-state index contributed by atoms with van der Waals surface area (Å²) in [7, 11) is -4.78. The highest BCUT2D eigenvalue weighted by molar-refractivity contribution is 7.83. The summed E-state index contributed by atoms with van der Waals surface area (Å²) in [6.45, 7) is 0.577. The van der Waals surface area contributed by atoms with Crippen LogP contribution in [0.3, 0.4) is 0 Å². The third-order valence-corrected chi connectivity index (χ3v) is 1.47. The standard InChI is InChI=1S/C3H6F3NO3S/c1-2(3(4,5)6)7-11(8,9)10/h2,7H,1H3,(H,8,9,10). The van der Waals surface area contributed by atoms with Gasteiger partial charge in [-0.05, 0) is 6.92 Å². The summed E-state index contributed by atoms with van der Waals surface area (Å²) in [5.41, 5.74) is 0. The fraction of sp³-hybridized carbons (Fsp3) is 1.00. The fourth-order valence-electron chi connectivity index (χ4n) is 0.290. The van der Waals surface area contributed by atoms with Crippen molar-refractivity contribution in [3.63, 3.8) is 0 Å². The van der Waals surface area contributed by atoms with Crippen molar-refractivity contribution in [1.82, 2.24) is 4.72 Å². The molecule has 0 rings (SSSR count). The van der Waals surface area contributed by atoms with Gasteiger partial charge in [-0.1, -0.05) is 0 Å². The van der Waals surface area contributed by atoms with E-state index in [4.69, 9.17) is 4.55 Å². The van der Waals surface area contributed by atoms with Crippen LogP contribution in [0, 0.1) is 0 Å². The molecule has 4 nitrogen and oxygen atoms in total. The Labute approximate surface area is 61.3 Å². The first-order valence-electron chi connectivity index (χ1n) is 2.44. The maximum absolute atomic E-state index is 11.5. The third-order valence-electron chi connectivity index (χ3n) is 0.817. The minimum atomic E-state index is -4.78. The molecule has 0 bridgehead atoms. The number of hydrogen-bond acceptors (Lipinski definition) is 2. The van der Waals surface area contributed by atoms with E-state index in [0.29, 0.717) is 6.92 Å². The number of hydrogen-bond donors (Lipinski definition) is 2. The minimum absolute atomic E-state index is 0.577. The molecule has 1 atom stereocenters. The smallest absolute Gasteiger partial charge is 0.273 e. The molecule has 0 heterocycles. The second-order valence-corrected chi connectivity index (χ2v) is 3.04. The highest BCUT2D eigenvalue weighted by Crippen LogP contribution is 2.19. The Kier molecular flexibility index (Phi) is 2.86. The molecule has 0 spiro atoms. The summed E-state index contributed by atoms with van der Waals surface area (Å²) in [5.74, 6) is 0. The molecule has 0 aliphatic carbocycles. The van der Waals surface area contributed by atoms with Crippen molar-refractivity contribution in [1.29, 1.82) is 0 Å². The van der Waals surface area contributed by atoms with E-state index in [0.717, 1.165) is 4.72 Å². The van der Waals surface area contributed by atoms with E-state index in [1.54, 1.807) is 0 Å². The molecule has 2 N–H and O–H groups in total. The lowest BCUT2D eigenvalue weighted by molar-refractivity contribution is -0.147. The van der Waals surface area contributed by atoms with Gasteiger partial charge in [0, 0.05) is 0 Å². The van der Waals surface area contributed by atoms with Crippen LogP contribution >= 0.6 is 0 Å². The van der Waals surface area contributed by atoms with E-state index < -0.39 is 22.5 Å². The van der Waals surface area contributed by atoms with Crippen molar-refractivity contribution in [3.8, 4) is 0 Å². The van der Waals surface area contributed by atoms with E-state index >= 15 is 0 Å². The molecule has 0 aromatic rings. The van der Waals surface area contributed by atoms with Gasteiger partial charge in [-0.15, -0.1) is 0 Å². The fourth-order valence-corrected chi connectivity index (χ4v) is 0.871. The zero-order valence-corrected chi connectivity index (χ0v) is 6.20. The Morgan fingerprint density at radius 1 is 1.45 bits per heavy atom. The topological polar surface area (TPSA) is 66.4 Å². The van der Waals surface area contributed by atoms with Crippen molar-refractivity contribution in [2.45, 2.75) is 19.1 Å². The lowest BCUT2D eigenvalue weighted by Crippen LogP contribution is -2.42. The number of rotatable bonds is 2. The van der Waals surface area contributed by atoms with Crippen LogP contribution in [0.4, 0.5) is 13.2 Å². The molecule has 0 amide bonds. The average molecular weight is 193 g/mol. The predicted octanol–water partition coefficient (Wildman–Crippen LogP) is 0.330. The Morgan fingerprint density at radius 2 is 1.82 bits per heavy atom. The summed E-state index contributed by atoms with van der Waals surface area (Å²) in [6, 6.07) is -2.28. The van der Waals surface area contributed by atoms with Crippen LogP contribution in [0.25, 0.3) is 0 Å². The van der Waals surface area contributed by atoms with Crippen molar-refractivity contribution in [2.75, 3.05) is 0 Å². The first kappa shape index (κ1) is 10.7. The van der Waals surface area contributed by atoms with E-state index in [2.05, 4.69) is 0 Å². The monoisotopic (exact) mass is 193 g/mol. The summed E-state index contributed by atoms with van der Waals surface area (Å²) in [4.78, 5) is 0. The van der Waals surface area contributed by atoms with Crippen LogP contribution in [0.1, 0.15) is 6.92 Å². The Bertz CT molecular complexity index is 220. The zero-order valence-electron chi connectivity index (χ0n) is 5.38. The number of nitrogens with one attached hydrogen (secondary N) is 1. The molecule has 0 radical (unpaired) electrons. The van der Waals surface area contributed by atoms with Gasteiger partial charge in [0.05, 0.1) is 0 Å². The van der Waals surface area contributed by atoms with Crippen molar-refractivity contribution < 1.29 is 26.1 Å². The maximum Gasteiger partial charge on any atom is 0.404 e. The van der Waals surface area contributed by atoms with Gasteiger partial charge >= 0.3 is 16.5 Å². The molecule has 11 heavy (non-hydrogen) atoms. The van der Waals surface area contributed by atoms with Gasteiger partial charge in [0.25, 0.3) is 0 Å². The number of halogens is 3. The molecule has 0 saturated carbocycles. The Morgan fingerprint density at radius 3 is 1.91 bits per heavy atom. The van der Waals surface area contributed by atoms with Gasteiger partial charge in [-0.25, -0.2) is 0 Å². The SMILES string of the molecule is CC(NS(=O)(=O)O)C(F)(F)F. The zero-order chi connectivity index (χ0) is 9.28. The second-order valence-electron chi connectivity index (χ2n) is 1.86. The summed E-state index contributed by atoms with van der Waals surface area (Å²) in [5, 5.41) is 0. The van der Waals surface area contributed by atoms with Crippen LogP contribution in [0.2, 0.25) is 0 Å². The number of alkyl halides is 3. The molecule has 0 saturated heterocycles. The summed E-state index contributed by atoms with van der Waals surface area (Å²) >= 11 is 0. The molecule has 0 aromatic carbocycles. The molecule has 0 aliphatic heterocycles. The Hall–Kier alpha value is -0.340. The van der Waals surface area contributed by atoms with Gasteiger partial charge < -0.3 is 0 Å². The minimum Gasteiger partial charge on any atom is -0.273 e. The predicted molar refractivity (Wildman–Crippen MR) is 30.2 cm³/mol. The highest BCUT2D eigenvalue weighted by atomic mass is 32.2. The van der Waals surface area contributed by atoms with Gasteiger partial charge in [0.1, 0.15) is 6.04 Å². The molecular formula is C3H6F3NO3S. The lowest BCUT2D eigenvalue weighted by Gasteiger charge is -2.14. The van der Waals surface area contributed by atoms with Crippen LogP contribution in [0.5, 0.6) is 0 Å².